The van der Waals surface area contributed by atoms with Crippen molar-refractivity contribution in [2.24, 2.45) is 7.05 Å². The molecule has 0 unspecified atom stereocenters. The molecule has 0 saturated carbocycles. The first kappa shape index (κ1) is 15.9. The Morgan fingerprint density at radius 3 is 2.83 bits per heavy atom. The van der Waals surface area contributed by atoms with Gasteiger partial charge in [-0.05, 0) is 12.1 Å². The van der Waals surface area contributed by atoms with E-state index in [0.717, 1.165) is 27.2 Å². The average molecular weight is 347 g/mol. The first-order valence-electron chi connectivity index (χ1n) is 6.98. The van der Waals surface area contributed by atoms with E-state index in [4.69, 9.17) is 14.5 Å². The van der Waals surface area contributed by atoms with E-state index in [1.807, 2.05) is 36.0 Å². The quantitative estimate of drug-likeness (QED) is 0.634. The summed E-state index contributed by atoms with van der Waals surface area (Å²) in [5.74, 6) is 2.21. The van der Waals surface area contributed by atoms with Gasteiger partial charge in [-0.25, -0.2) is 9.97 Å². The largest absolute Gasteiger partial charge is 0.493 e. The van der Waals surface area contributed by atoms with Crippen molar-refractivity contribution in [1.82, 2.24) is 14.5 Å². The zero-order chi connectivity index (χ0) is 16.2. The van der Waals surface area contributed by atoms with Crippen LogP contribution in [0.25, 0.3) is 10.6 Å². The van der Waals surface area contributed by atoms with E-state index in [9.17, 15) is 0 Å². The van der Waals surface area contributed by atoms with Crippen LogP contribution in [0.3, 0.4) is 0 Å². The average Bonchev–Trinajstić information content (AvgIpc) is 3.21. The monoisotopic (exact) mass is 347 g/mol. The van der Waals surface area contributed by atoms with E-state index in [-0.39, 0.29) is 0 Å². The van der Waals surface area contributed by atoms with Crippen molar-refractivity contribution in [3.8, 4) is 22.1 Å². The van der Waals surface area contributed by atoms with E-state index in [1.165, 1.54) is 0 Å². The zero-order valence-electron chi connectivity index (χ0n) is 13.1. The summed E-state index contributed by atoms with van der Waals surface area (Å²) < 4.78 is 12.8. The predicted octanol–water partition coefficient (Wildman–Crippen LogP) is 3.85. The molecule has 1 aromatic carbocycles. The number of aromatic nitrogens is 3. The Balaban J connectivity index is 1.81. The van der Waals surface area contributed by atoms with Crippen LogP contribution in [-0.2, 0) is 12.8 Å². The lowest BCUT2D eigenvalue weighted by atomic mass is 10.2. The molecule has 2 heterocycles. The number of ether oxygens (including phenoxy) is 2. The number of benzene rings is 1. The van der Waals surface area contributed by atoms with Crippen molar-refractivity contribution in [2.45, 2.75) is 10.9 Å². The number of hydrogen-bond donors (Lipinski definition) is 0. The highest BCUT2D eigenvalue weighted by Gasteiger charge is 2.14. The molecule has 0 saturated heterocycles. The molecule has 0 N–H and O–H groups in total. The second-order valence-electron chi connectivity index (χ2n) is 4.79. The maximum Gasteiger partial charge on any atom is 0.170 e. The summed E-state index contributed by atoms with van der Waals surface area (Å²) in [6, 6.07) is 5.82. The molecule has 120 valence electrons. The molecule has 0 radical (unpaired) electrons. The van der Waals surface area contributed by atoms with Crippen molar-refractivity contribution >= 4 is 23.1 Å². The number of nitrogens with zero attached hydrogens (tertiary/aromatic N) is 3. The highest BCUT2D eigenvalue weighted by atomic mass is 32.2. The summed E-state index contributed by atoms with van der Waals surface area (Å²) in [4.78, 5) is 9.03. The van der Waals surface area contributed by atoms with Gasteiger partial charge in [0.15, 0.2) is 16.7 Å². The fraction of sp³-hybridized carbons (Fsp3) is 0.250. The van der Waals surface area contributed by atoms with Crippen molar-refractivity contribution in [3.05, 3.63) is 41.7 Å². The maximum absolute atomic E-state index is 5.49. The van der Waals surface area contributed by atoms with Gasteiger partial charge in [-0.15, -0.1) is 11.3 Å². The van der Waals surface area contributed by atoms with Crippen LogP contribution in [0, 0.1) is 0 Å². The van der Waals surface area contributed by atoms with Gasteiger partial charge in [0, 0.05) is 30.6 Å². The van der Waals surface area contributed by atoms with E-state index in [1.54, 1.807) is 43.5 Å². The smallest absolute Gasteiger partial charge is 0.170 e. The molecule has 0 fully saturated rings. The van der Waals surface area contributed by atoms with Crippen LogP contribution < -0.4 is 9.47 Å². The van der Waals surface area contributed by atoms with E-state index >= 15 is 0 Å². The molecule has 0 aliphatic rings. The Kier molecular flexibility index (Phi) is 4.88. The molecule has 3 aromatic rings. The van der Waals surface area contributed by atoms with Crippen molar-refractivity contribution in [1.29, 1.82) is 0 Å². The second-order valence-corrected chi connectivity index (χ2v) is 6.60. The van der Waals surface area contributed by atoms with E-state index in [2.05, 4.69) is 10.4 Å². The summed E-state index contributed by atoms with van der Waals surface area (Å²) >= 11 is 3.28. The Bertz CT molecular complexity index is 798. The van der Waals surface area contributed by atoms with Gasteiger partial charge in [-0.3, -0.25) is 0 Å². The molecule has 3 rings (SSSR count). The number of thiazole rings is 1. The van der Waals surface area contributed by atoms with Gasteiger partial charge in [0.25, 0.3) is 0 Å². The van der Waals surface area contributed by atoms with E-state index in [0.29, 0.717) is 11.5 Å². The van der Waals surface area contributed by atoms with Gasteiger partial charge < -0.3 is 14.0 Å². The summed E-state index contributed by atoms with van der Waals surface area (Å²) in [6.07, 6.45) is 3.74. The molecule has 23 heavy (non-hydrogen) atoms. The third kappa shape index (κ3) is 3.35. The normalized spacial score (nSPS) is 10.7. The SMILES string of the molecule is COc1cccc(-c2nc(CSc3nccn3C)cs2)c1OC. The fourth-order valence-electron chi connectivity index (χ4n) is 2.18. The summed E-state index contributed by atoms with van der Waals surface area (Å²) in [7, 11) is 5.27. The Labute approximate surface area is 143 Å². The second kappa shape index (κ2) is 7.06. The Morgan fingerprint density at radius 1 is 1.26 bits per heavy atom. The number of imidazole rings is 1. The highest BCUT2D eigenvalue weighted by Crippen LogP contribution is 2.39. The van der Waals surface area contributed by atoms with Crippen LogP contribution in [0.1, 0.15) is 5.69 Å². The number of rotatable bonds is 6. The van der Waals surface area contributed by atoms with Gasteiger partial charge in [-0.2, -0.15) is 0 Å². The first-order valence-corrected chi connectivity index (χ1v) is 8.85. The minimum absolute atomic E-state index is 0.712. The highest BCUT2D eigenvalue weighted by molar-refractivity contribution is 7.98. The third-order valence-corrected chi connectivity index (χ3v) is 5.33. The minimum Gasteiger partial charge on any atom is -0.493 e. The molecule has 5 nitrogen and oxygen atoms in total. The molecule has 7 heteroatoms. The molecule has 0 atom stereocenters. The lowest BCUT2D eigenvalue weighted by Gasteiger charge is -2.10. The molecule has 0 amide bonds. The van der Waals surface area contributed by atoms with Crippen LogP contribution in [-0.4, -0.2) is 28.8 Å². The summed E-state index contributed by atoms with van der Waals surface area (Å²) in [5.41, 5.74) is 1.98. The summed E-state index contributed by atoms with van der Waals surface area (Å²) in [5, 5.41) is 3.99. The first-order chi connectivity index (χ1) is 11.2. The summed E-state index contributed by atoms with van der Waals surface area (Å²) in [6.45, 7) is 0. The predicted molar refractivity (Wildman–Crippen MR) is 93.4 cm³/mol. The molecule has 0 bridgehead atoms. The topological polar surface area (TPSA) is 49.2 Å². The molecule has 0 aliphatic heterocycles. The van der Waals surface area contributed by atoms with Crippen molar-refractivity contribution in [3.63, 3.8) is 0 Å². The van der Waals surface area contributed by atoms with Crippen LogP contribution >= 0.6 is 23.1 Å². The van der Waals surface area contributed by atoms with Crippen molar-refractivity contribution < 1.29 is 9.47 Å². The number of aryl methyl sites for hydroxylation is 1. The van der Waals surface area contributed by atoms with Crippen LogP contribution in [0.4, 0.5) is 0 Å². The Morgan fingerprint density at radius 2 is 2.13 bits per heavy atom. The van der Waals surface area contributed by atoms with Crippen LogP contribution in [0.15, 0.2) is 41.1 Å². The standard InChI is InChI=1S/C16H17N3O2S2/c1-19-8-7-17-16(19)23-10-11-9-22-15(18-11)12-5-4-6-13(20-2)14(12)21-3/h4-9H,10H2,1-3H3. The van der Waals surface area contributed by atoms with Gasteiger partial charge in [-0.1, -0.05) is 17.8 Å². The number of thioether (sulfide) groups is 1. The van der Waals surface area contributed by atoms with Gasteiger partial charge >= 0.3 is 0 Å². The number of methoxy groups -OCH3 is 2. The third-order valence-electron chi connectivity index (χ3n) is 3.31. The van der Waals surface area contributed by atoms with Crippen LogP contribution in [0.5, 0.6) is 11.5 Å². The van der Waals surface area contributed by atoms with Gasteiger partial charge in [0.2, 0.25) is 0 Å². The fourth-order valence-corrected chi connectivity index (χ4v) is 3.95. The minimum atomic E-state index is 0.712. The molecular weight excluding hydrogens is 330 g/mol. The maximum atomic E-state index is 5.49. The molecule has 0 spiro atoms. The molecular formula is C16H17N3O2S2. The lowest BCUT2D eigenvalue weighted by molar-refractivity contribution is 0.356. The lowest BCUT2D eigenvalue weighted by Crippen LogP contribution is -1.93. The van der Waals surface area contributed by atoms with Crippen molar-refractivity contribution in [2.75, 3.05) is 14.2 Å². The van der Waals surface area contributed by atoms with Crippen LogP contribution in [0.2, 0.25) is 0 Å². The molecule has 2 aromatic heterocycles. The number of para-hydroxylation sites is 1. The van der Waals surface area contributed by atoms with Gasteiger partial charge in [0.05, 0.1) is 25.5 Å². The zero-order valence-corrected chi connectivity index (χ0v) is 14.8. The molecule has 0 aliphatic carbocycles. The van der Waals surface area contributed by atoms with E-state index < -0.39 is 0 Å². The van der Waals surface area contributed by atoms with Gasteiger partial charge in [0.1, 0.15) is 5.01 Å². The Hall–Kier alpha value is -1.99. The number of hydrogen-bond acceptors (Lipinski definition) is 6.